The average molecular weight is 475 g/mol. The number of methoxy groups -OCH3 is 1. The number of benzene rings is 2. The first kappa shape index (κ1) is 23.9. The number of nitrogens with one attached hydrogen (secondary N) is 1. The highest BCUT2D eigenvalue weighted by molar-refractivity contribution is 7.92. The monoisotopic (exact) mass is 474 g/mol. The molecular formula is C23H26N2O5S2. The summed E-state index contributed by atoms with van der Waals surface area (Å²) in [4.78, 5) is 4.21. The molecule has 3 rings (SSSR count). The van der Waals surface area contributed by atoms with Crippen LogP contribution >= 0.6 is 0 Å². The number of hydrogen-bond acceptors (Lipinski definition) is 6. The third-order valence-electron chi connectivity index (χ3n) is 5.22. The van der Waals surface area contributed by atoms with Crippen molar-refractivity contribution in [2.75, 3.05) is 13.7 Å². The molecule has 7 nitrogen and oxygen atoms in total. The number of pyridine rings is 1. The van der Waals surface area contributed by atoms with Crippen LogP contribution in [0.15, 0.2) is 70.7 Å². The van der Waals surface area contributed by atoms with Gasteiger partial charge in [-0.2, -0.15) is 0 Å². The lowest BCUT2D eigenvalue weighted by atomic mass is 10.1. The number of sulfone groups is 1. The zero-order valence-electron chi connectivity index (χ0n) is 18.4. The number of aryl methyl sites for hydroxylation is 3. The average Bonchev–Trinajstić information content (AvgIpc) is 2.76. The van der Waals surface area contributed by atoms with Crippen LogP contribution in [0.1, 0.15) is 27.5 Å². The van der Waals surface area contributed by atoms with E-state index in [1.807, 2.05) is 6.92 Å². The standard InChI is InChI=1S/C23H26N2O5S2/c1-16-7-9-20(10-8-16)31(26,27)23(19-6-5-11-24-14-19)15-25-32(28,29)22-13-17(2)21(30-4)12-18(22)3/h5-14,23,25H,15H2,1-4H3. The minimum atomic E-state index is -3.98. The largest absolute Gasteiger partial charge is 0.496 e. The number of ether oxygens (including phenoxy) is 1. The molecule has 0 saturated carbocycles. The van der Waals surface area contributed by atoms with Gasteiger partial charge in [0.1, 0.15) is 11.0 Å². The number of sulfonamides is 1. The third-order valence-corrected chi connectivity index (χ3v) is 8.90. The fourth-order valence-electron chi connectivity index (χ4n) is 3.40. The van der Waals surface area contributed by atoms with Crippen LogP contribution in [0.4, 0.5) is 0 Å². The molecule has 0 saturated heterocycles. The molecule has 2 aromatic carbocycles. The van der Waals surface area contributed by atoms with Gasteiger partial charge in [0.15, 0.2) is 9.84 Å². The van der Waals surface area contributed by atoms with Gasteiger partial charge in [0.25, 0.3) is 0 Å². The van der Waals surface area contributed by atoms with Crippen LogP contribution < -0.4 is 9.46 Å². The van der Waals surface area contributed by atoms with Gasteiger partial charge in [-0.05, 0) is 67.8 Å². The maximum absolute atomic E-state index is 13.4. The number of rotatable bonds is 8. The summed E-state index contributed by atoms with van der Waals surface area (Å²) in [5.74, 6) is 0.580. The Kier molecular flexibility index (Phi) is 7.02. The first-order chi connectivity index (χ1) is 15.1. The van der Waals surface area contributed by atoms with Crippen LogP contribution in [0.2, 0.25) is 0 Å². The molecule has 1 unspecified atom stereocenters. The summed E-state index contributed by atoms with van der Waals surface area (Å²) in [5.41, 5.74) is 2.49. The molecule has 0 aliphatic rings. The lowest BCUT2D eigenvalue weighted by Gasteiger charge is -2.20. The Morgan fingerprint density at radius 3 is 2.25 bits per heavy atom. The molecule has 3 aromatic rings. The van der Waals surface area contributed by atoms with Crippen LogP contribution in [-0.4, -0.2) is 35.5 Å². The van der Waals surface area contributed by atoms with E-state index in [1.165, 1.54) is 37.7 Å². The van der Waals surface area contributed by atoms with E-state index >= 15 is 0 Å². The van der Waals surface area contributed by atoms with Gasteiger partial charge in [-0.25, -0.2) is 21.6 Å². The van der Waals surface area contributed by atoms with E-state index in [4.69, 9.17) is 4.74 Å². The van der Waals surface area contributed by atoms with Crippen LogP contribution in [0.3, 0.4) is 0 Å². The van der Waals surface area contributed by atoms with Gasteiger partial charge < -0.3 is 4.74 Å². The molecule has 9 heteroatoms. The van der Waals surface area contributed by atoms with Gasteiger partial charge in [-0.3, -0.25) is 4.98 Å². The maximum atomic E-state index is 13.4. The van der Waals surface area contributed by atoms with Gasteiger partial charge in [0.2, 0.25) is 10.0 Å². The Balaban J connectivity index is 1.98. The lowest BCUT2D eigenvalue weighted by Crippen LogP contribution is -2.32. The van der Waals surface area contributed by atoms with E-state index in [1.54, 1.807) is 44.2 Å². The third kappa shape index (κ3) is 5.01. The number of nitrogens with zero attached hydrogens (tertiary/aromatic N) is 1. The Labute approximate surface area is 189 Å². The molecule has 0 spiro atoms. The second kappa shape index (κ2) is 9.40. The minimum absolute atomic E-state index is 0.0773. The van der Waals surface area contributed by atoms with Crippen molar-refractivity contribution in [3.8, 4) is 5.75 Å². The lowest BCUT2D eigenvalue weighted by molar-refractivity contribution is 0.411. The maximum Gasteiger partial charge on any atom is 0.240 e. The second-order valence-electron chi connectivity index (χ2n) is 7.57. The van der Waals surface area contributed by atoms with E-state index in [-0.39, 0.29) is 16.3 Å². The number of hydrogen-bond donors (Lipinski definition) is 1. The van der Waals surface area contributed by atoms with Crippen molar-refractivity contribution >= 4 is 19.9 Å². The van der Waals surface area contributed by atoms with Gasteiger partial charge in [0.05, 0.1) is 16.9 Å². The SMILES string of the molecule is COc1cc(C)c(S(=O)(=O)NCC(c2cccnc2)S(=O)(=O)c2ccc(C)cc2)cc1C. The van der Waals surface area contributed by atoms with Crippen LogP contribution in [-0.2, 0) is 19.9 Å². The summed E-state index contributed by atoms with van der Waals surface area (Å²) in [6.07, 6.45) is 2.97. The molecule has 0 bridgehead atoms. The Morgan fingerprint density at radius 2 is 1.66 bits per heavy atom. The molecule has 1 heterocycles. The highest BCUT2D eigenvalue weighted by atomic mass is 32.2. The molecule has 0 fully saturated rings. The Morgan fingerprint density at radius 1 is 0.969 bits per heavy atom. The van der Waals surface area contributed by atoms with Gasteiger partial charge >= 0.3 is 0 Å². The molecule has 170 valence electrons. The predicted octanol–water partition coefficient (Wildman–Crippen LogP) is 3.51. The molecular weight excluding hydrogens is 448 g/mol. The van der Waals surface area contributed by atoms with Crippen molar-refractivity contribution in [2.24, 2.45) is 0 Å². The van der Waals surface area contributed by atoms with E-state index in [0.717, 1.165) is 5.56 Å². The van der Waals surface area contributed by atoms with Crippen LogP contribution in [0.25, 0.3) is 0 Å². The summed E-state index contributed by atoms with van der Waals surface area (Å²) < 4.78 is 60.8. The van der Waals surface area contributed by atoms with Crippen LogP contribution in [0.5, 0.6) is 5.75 Å². The first-order valence-corrected chi connectivity index (χ1v) is 12.9. The van der Waals surface area contributed by atoms with Crippen molar-refractivity contribution in [1.82, 2.24) is 9.71 Å². The summed E-state index contributed by atoms with van der Waals surface area (Å²) >= 11 is 0. The summed E-state index contributed by atoms with van der Waals surface area (Å²) in [6, 6.07) is 12.9. The smallest absolute Gasteiger partial charge is 0.240 e. The van der Waals surface area contributed by atoms with Crippen molar-refractivity contribution in [1.29, 1.82) is 0 Å². The molecule has 1 atom stereocenters. The van der Waals surface area contributed by atoms with Crippen molar-refractivity contribution in [3.05, 3.63) is 83.2 Å². The molecule has 1 aromatic heterocycles. The quantitative estimate of drug-likeness (QED) is 0.536. The van der Waals surface area contributed by atoms with Crippen molar-refractivity contribution in [3.63, 3.8) is 0 Å². The zero-order chi connectivity index (χ0) is 23.5. The second-order valence-corrected chi connectivity index (χ2v) is 11.4. The Hall–Kier alpha value is -2.75. The van der Waals surface area contributed by atoms with E-state index < -0.39 is 25.1 Å². The summed E-state index contributed by atoms with van der Waals surface area (Å²) in [7, 11) is -6.36. The molecule has 0 aliphatic carbocycles. The number of aromatic nitrogens is 1. The highest BCUT2D eigenvalue weighted by Crippen LogP contribution is 2.30. The topological polar surface area (TPSA) is 102 Å². The first-order valence-electron chi connectivity index (χ1n) is 9.91. The molecule has 32 heavy (non-hydrogen) atoms. The fraction of sp³-hybridized carbons (Fsp3) is 0.261. The molecule has 0 radical (unpaired) electrons. The summed E-state index contributed by atoms with van der Waals surface area (Å²) in [6.45, 7) is 4.94. The molecule has 0 aliphatic heterocycles. The molecule has 0 amide bonds. The van der Waals surface area contributed by atoms with Gasteiger partial charge in [0, 0.05) is 18.9 Å². The van der Waals surface area contributed by atoms with Gasteiger partial charge in [-0.1, -0.05) is 23.8 Å². The fourth-order valence-corrected chi connectivity index (χ4v) is 6.51. The highest BCUT2D eigenvalue weighted by Gasteiger charge is 2.31. The van der Waals surface area contributed by atoms with E-state index in [2.05, 4.69) is 9.71 Å². The minimum Gasteiger partial charge on any atom is -0.496 e. The van der Waals surface area contributed by atoms with E-state index in [9.17, 15) is 16.8 Å². The zero-order valence-corrected chi connectivity index (χ0v) is 20.0. The van der Waals surface area contributed by atoms with Crippen LogP contribution in [0, 0.1) is 20.8 Å². The normalized spacial score (nSPS) is 13.0. The Bertz CT molecular complexity index is 1300. The predicted molar refractivity (Wildman–Crippen MR) is 123 cm³/mol. The van der Waals surface area contributed by atoms with E-state index in [0.29, 0.717) is 22.4 Å². The summed E-state index contributed by atoms with van der Waals surface area (Å²) in [5, 5.41) is -1.15. The molecule has 1 N–H and O–H groups in total. The van der Waals surface area contributed by atoms with Crippen molar-refractivity contribution < 1.29 is 21.6 Å². The van der Waals surface area contributed by atoms with Gasteiger partial charge in [-0.15, -0.1) is 0 Å². The van der Waals surface area contributed by atoms with Crippen molar-refractivity contribution in [2.45, 2.75) is 35.8 Å².